The Morgan fingerprint density at radius 3 is 2.66 bits per heavy atom. The minimum atomic E-state index is -1.10. The molecular weight excluding hydrogens is 375 g/mol. The number of hydrogen-bond donors (Lipinski definition) is 2. The Labute approximate surface area is 165 Å². The van der Waals surface area contributed by atoms with E-state index in [2.05, 4.69) is 0 Å². The molecule has 0 radical (unpaired) electrons. The SMILES string of the molecule is COc1cccc(-c2ccc(-n3cc(O)c4c(c3=O)C(C#N)CC4O)c(F)c2)c1. The summed E-state index contributed by atoms with van der Waals surface area (Å²) in [6, 6.07) is 13.5. The van der Waals surface area contributed by atoms with E-state index in [9.17, 15) is 24.7 Å². The molecule has 0 saturated carbocycles. The second-order valence-electron chi connectivity index (χ2n) is 6.85. The fraction of sp³-hybridized carbons (Fsp3) is 0.182. The number of benzene rings is 2. The van der Waals surface area contributed by atoms with Crippen molar-refractivity contribution in [1.29, 1.82) is 5.26 Å². The van der Waals surface area contributed by atoms with E-state index in [1.807, 2.05) is 12.1 Å². The Bertz CT molecular complexity index is 1210. The van der Waals surface area contributed by atoms with Crippen LogP contribution in [-0.4, -0.2) is 21.9 Å². The molecule has 0 aliphatic heterocycles. The van der Waals surface area contributed by atoms with Crippen LogP contribution in [0.25, 0.3) is 16.8 Å². The van der Waals surface area contributed by atoms with Gasteiger partial charge in [0.1, 0.15) is 17.3 Å². The first-order valence-electron chi connectivity index (χ1n) is 8.95. The zero-order valence-electron chi connectivity index (χ0n) is 15.5. The number of fused-ring (bicyclic) bond motifs is 1. The number of aromatic hydroxyl groups is 1. The van der Waals surface area contributed by atoms with Gasteiger partial charge in [0.25, 0.3) is 5.56 Å². The summed E-state index contributed by atoms with van der Waals surface area (Å²) in [5.74, 6) is -1.24. The van der Waals surface area contributed by atoms with Gasteiger partial charge in [0.15, 0.2) is 0 Å². The molecule has 4 rings (SSSR count). The number of hydrogen-bond acceptors (Lipinski definition) is 5. The number of ether oxygens (including phenoxy) is 1. The number of methoxy groups -OCH3 is 1. The van der Waals surface area contributed by atoms with Crippen LogP contribution in [0.5, 0.6) is 11.5 Å². The van der Waals surface area contributed by atoms with E-state index >= 15 is 0 Å². The molecule has 0 saturated heterocycles. The third kappa shape index (κ3) is 3.04. The molecule has 7 heteroatoms. The second kappa shape index (κ2) is 7.08. The van der Waals surface area contributed by atoms with Crippen molar-refractivity contribution < 1.29 is 19.3 Å². The highest BCUT2D eigenvalue weighted by Crippen LogP contribution is 2.42. The van der Waals surface area contributed by atoms with Crippen molar-refractivity contribution in [2.24, 2.45) is 0 Å². The van der Waals surface area contributed by atoms with Crippen molar-refractivity contribution in [1.82, 2.24) is 4.57 Å². The van der Waals surface area contributed by atoms with Gasteiger partial charge in [-0.3, -0.25) is 9.36 Å². The maximum Gasteiger partial charge on any atom is 0.260 e. The standard InChI is InChI=1S/C22H17FN2O4/c1-29-15-4-2-3-12(7-15)13-5-6-17(16(23)8-13)25-11-19(27)21-18(26)9-14(10-24)20(21)22(25)28/h2-8,11,14,18,26-27H,9H2,1H3. The van der Waals surface area contributed by atoms with Gasteiger partial charge in [-0.15, -0.1) is 0 Å². The van der Waals surface area contributed by atoms with Gasteiger partial charge in [-0.25, -0.2) is 4.39 Å². The van der Waals surface area contributed by atoms with E-state index in [4.69, 9.17) is 4.74 Å². The predicted octanol–water partition coefficient (Wildman–Crippen LogP) is 3.40. The molecule has 3 aromatic rings. The number of rotatable bonds is 3. The molecule has 1 heterocycles. The molecule has 2 N–H and O–H groups in total. The van der Waals surface area contributed by atoms with Crippen LogP contribution in [0.15, 0.2) is 53.5 Å². The van der Waals surface area contributed by atoms with Gasteiger partial charge >= 0.3 is 0 Å². The molecule has 1 aliphatic carbocycles. The van der Waals surface area contributed by atoms with Crippen molar-refractivity contribution in [2.45, 2.75) is 18.4 Å². The Morgan fingerprint density at radius 2 is 1.97 bits per heavy atom. The maximum absolute atomic E-state index is 14.9. The first-order valence-corrected chi connectivity index (χ1v) is 8.95. The van der Waals surface area contributed by atoms with Gasteiger partial charge in [0.05, 0.1) is 37.1 Å². The molecule has 0 fully saturated rings. The highest BCUT2D eigenvalue weighted by Gasteiger charge is 2.36. The first-order chi connectivity index (χ1) is 13.9. The quantitative estimate of drug-likeness (QED) is 0.712. The predicted molar refractivity (Wildman–Crippen MR) is 104 cm³/mol. The molecule has 1 aromatic heterocycles. The van der Waals surface area contributed by atoms with Gasteiger partial charge in [0, 0.05) is 11.1 Å². The van der Waals surface area contributed by atoms with E-state index in [0.29, 0.717) is 11.3 Å². The van der Waals surface area contributed by atoms with Crippen molar-refractivity contribution >= 4 is 0 Å². The maximum atomic E-state index is 14.9. The summed E-state index contributed by atoms with van der Waals surface area (Å²) in [7, 11) is 1.54. The Balaban J connectivity index is 1.84. The number of aliphatic hydroxyl groups excluding tert-OH is 1. The summed E-state index contributed by atoms with van der Waals surface area (Å²) in [5.41, 5.74) is 0.703. The summed E-state index contributed by atoms with van der Waals surface area (Å²) < 4.78 is 21.1. The largest absolute Gasteiger partial charge is 0.506 e. The highest BCUT2D eigenvalue weighted by molar-refractivity contribution is 5.66. The lowest BCUT2D eigenvalue weighted by atomic mass is 10.0. The lowest BCUT2D eigenvalue weighted by Gasteiger charge is -2.14. The van der Waals surface area contributed by atoms with Gasteiger partial charge in [-0.05, 0) is 41.8 Å². The number of nitrogens with zero attached hydrogens (tertiary/aromatic N) is 2. The summed E-state index contributed by atoms with van der Waals surface area (Å²) in [6.07, 6.45) is 0.00114. The molecule has 0 amide bonds. The van der Waals surface area contributed by atoms with Crippen LogP contribution in [0.2, 0.25) is 0 Å². The van der Waals surface area contributed by atoms with Gasteiger partial charge in [-0.2, -0.15) is 5.26 Å². The third-order valence-corrected chi connectivity index (χ3v) is 5.17. The fourth-order valence-electron chi connectivity index (χ4n) is 3.76. The van der Waals surface area contributed by atoms with E-state index in [-0.39, 0.29) is 29.0 Å². The van der Waals surface area contributed by atoms with E-state index < -0.39 is 23.4 Å². The molecule has 1 aliphatic rings. The van der Waals surface area contributed by atoms with E-state index in [1.54, 1.807) is 31.4 Å². The molecule has 0 bridgehead atoms. The number of nitriles is 1. The van der Waals surface area contributed by atoms with Gasteiger partial charge < -0.3 is 14.9 Å². The van der Waals surface area contributed by atoms with Crippen LogP contribution in [-0.2, 0) is 0 Å². The Kier molecular flexibility index (Phi) is 4.57. The summed E-state index contributed by atoms with van der Waals surface area (Å²) in [4.78, 5) is 12.9. The number of aliphatic hydroxyl groups is 1. The molecule has 2 aromatic carbocycles. The monoisotopic (exact) mass is 392 g/mol. The topological polar surface area (TPSA) is 95.5 Å². The van der Waals surface area contributed by atoms with Crippen molar-refractivity contribution in [2.75, 3.05) is 7.11 Å². The number of halogens is 1. The van der Waals surface area contributed by atoms with Crippen molar-refractivity contribution in [3.8, 4) is 34.4 Å². The summed E-state index contributed by atoms with van der Waals surface area (Å²) >= 11 is 0. The van der Waals surface area contributed by atoms with Crippen LogP contribution in [0.4, 0.5) is 4.39 Å². The summed E-state index contributed by atoms with van der Waals surface area (Å²) in [6.45, 7) is 0. The zero-order valence-corrected chi connectivity index (χ0v) is 15.5. The average molecular weight is 392 g/mol. The second-order valence-corrected chi connectivity index (χ2v) is 6.85. The third-order valence-electron chi connectivity index (χ3n) is 5.17. The van der Waals surface area contributed by atoms with E-state index in [0.717, 1.165) is 16.3 Å². The lowest BCUT2D eigenvalue weighted by Crippen LogP contribution is -2.24. The van der Waals surface area contributed by atoms with Gasteiger partial charge in [-0.1, -0.05) is 18.2 Å². The van der Waals surface area contributed by atoms with Crippen molar-refractivity contribution in [3.05, 3.63) is 76.0 Å². The molecule has 0 spiro atoms. The minimum Gasteiger partial charge on any atom is -0.506 e. The molecule has 6 nitrogen and oxygen atoms in total. The minimum absolute atomic E-state index is 0.0104. The number of pyridine rings is 1. The van der Waals surface area contributed by atoms with Crippen LogP contribution in [0.3, 0.4) is 0 Å². The van der Waals surface area contributed by atoms with Crippen LogP contribution in [0, 0.1) is 17.1 Å². The van der Waals surface area contributed by atoms with Gasteiger partial charge in [0.2, 0.25) is 0 Å². The lowest BCUT2D eigenvalue weighted by molar-refractivity contribution is 0.174. The highest BCUT2D eigenvalue weighted by atomic mass is 19.1. The molecule has 2 unspecified atom stereocenters. The van der Waals surface area contributed by atoms with E-state index in [1.165, 1.54) is 12.1 Å². The Morgan fingerprint density at radius 1 is 1.21 bits per heavy atom. The summed E-state index contributed by atoms with van der Waals surface area (Å²) in [5, 5.41) is 29.7. The smallest absolute Gasteiger partial charge is 0.260 e. The average Bonchev–Trinajstić information content (AvgIpc) is 3.08. The molecular formula is C22H17FN2O4. The van der Waals surface area contributed by atoms with Crippen LogP contribution >= 0.6 is 0 Å². The fourth-order valence-corrected chi connectivity index (χ4v) is 3.76. The zero-order chi connectivity index (χ0) is 20.7. The van der Waals surface area contributed by atoms with Crippen LogP contribution < -0.4 is 10.3 Å². The number of aromatic nitrogens is 1. The molecule has 29 heavy (non-hydrogen) atoms. The Hall–Kier alpha value is -3.63. The molecule has 2 atom stereocenters. The molecule has 146 valence electrons. The first kappa shape index (κ1) is 18.7. The normalized spacial score (nSPS) is 17.6. The van der Waals surface area contributed by atoms with Crippen molar-refractivity contribution in [3.63, 3.8) is 0 Å². The van der Waals surface area contributed by atoms with Crippen LogP contribution in [0.1, 0.15) is 29.6 Å².